The molecule has 0 bridgehead atoms. The van der Waals surface area contributed by atoms with E-state index in [-0.39, 0.29) is 6.54 Å². The van der Waals surface area contributed by atoms with Gasteiger partial charge in [-0.25, -0.2) is 9.86 Å². The average Bonchev–Trinajstić information content (AvgIpc) is 2.84. The van der Waals surface area contributed by atoms with Gasteiger partial charge >= 0.3 is 6.03 Å². The number of primary amides is 1. The van der Waals surface area contributed by atoms with Crippen LogP contribution in [0, 0.1) is 0 Å². The average molecular weight is 300 g/mol. The summed E-state index contributed by atoms with van der Waals surface area (Å²) in [6.07, 6.45) is 1.48. The van der Waals surface area contributed by atoms with Gasteiger partial charge in [0.05, 0.1) is 6.54 Å². The molecule has 3 N–H and O–H groups in total. The Balaban J connectivity index is 1.78. The number of rotatable bonds is 4. The number of carbonyl (C=O) groups is 1. The predicted octanol–water partition coefficient (Wildman–Crippen LogP) is 3.76. The van der Waals surface area contributed by atoms with Crippen molar-refractivity contribution in [2.24, 2.45) is 5.73 Å². The Morgan fingerprint density at radius 2 is 1.90 bits per heavy atom. The van der Waals surface area contributed by atoms with Crippen molar-refractivity contribution in [1.29, 1.82) is 0 Å². The van der Waals surface area contributed by atoms with E-state index in [0.717, 1.165) is 6.42 Å². The van der Waals surface area contributed by atoms with E-state index in [1.807, 2.05) is 0 Å². The number of carbonyl (C=O) groups excluding carboxylic acids is 1. The Labute approximate surface area is 126 Å². The second-order valence-electron chi connectivity index (χ2n) is 4.99. The van der Waals surface area contributed by atoms with Crippen molar-refractivity contribution in [1.82, 2.24) is 5.06 Å². The topological polar surface area (TPSA) is 66.6 Å². The van der Waals surface area contributed by atoms with E-state index in [1.54, 1.807) is 11.3 Å². The lowest BCUT2D eigenvalue weighted by Gasteiger charge is -2.11. The smallest absolute Gasteiger partial charge is 0.338 e. The zero-order chi connectivity index (χ0) is 14.8. The molecule has 0 unspecified atom stereocenters. The van der Waals surface area contributed by atoms with Crippen LogP contribution in [0.1, 0.15) is 12.0 Å². The Kier molecular flexibility index (Phi) is 3.77. The first-order valence-corrected chi connectivity index (χ1v) is 7.63. The van der Waals surface area contributed by atoms with E-state index < -0.39 is 6.03 Å². The van der Waals surface area contributed by atoms with E-state index >= 15 is 0 Å². The van der Waals surface area contributed by atoms with Crippen LogP contribution in [0.3, 0.4) is 0 Å². The van der Waals surface area contributed by atoms with Gasteiger partial charge in [0, 0.05) is 20.2 Å². The number of aryl methyl sites for hydroxylation is 1. The molecule has 2 amide bonds. The van der Waals surface area contributed by atoms with Crippen LogP contribution >= 0.6 is 11.3 Å². The van der Waals surface area contributed by atoms with Gasteiger partial charge in [0.1, 0.15) is 0 Å². The normalized spacial score (nSPS) is 11.1. The molecule has 4 nitrogen and oxygen atoms in total. The first-order chi connectivity index (χ1) is 10.1. The molecule has 2 aromatic carbocycles. The van der Waals surface area contributed by atoms with Gasteiger partial charge in [-0.2, -0.15) is 0 Å². The highest BCUT2D eigenvalue weighted by Crippen LogP contribution is 2.34. The highest BCUT2D eigenvalue weighted by atomic mass is 32.1. The number of amides is 2. The van der Waals surface area contributed by atoms with Gasteiger partial charge in [-0.1, -0.05) is 30.3 Å². The first-order valence-electron chi connectivity index (χ1n) is 6.81. The van der Waals surface area contributed by atoms with E-state index in [0.29, 0.717) is 11.5 Å². The highest BCUT2D eigenvalue weighted by molar-refractivity contribution is 7.25. The lowest BCUT2D eigenvalue weighted by atomic mass is 10.1. The fraction of sp³-hybridized carbons (Fsp3) is 0.188. The van der Waals surface area contributed by atoms with Crippen molar-refractivity contribution < 1.29 is 10.0 Å². The van der Waals surface area contributed by atoms with Gasteiger partial charge in [-0.05, 0) is 30.5 Å². The molecule has 0 aliphatic heterocycles. The molecule has 0 radical (unpaired) electrons. The molecule has 5 heteroatoms. The third-order valence-electron chi connectivity index (χ3n) is 3.53. The summed E-state index contributed by atoms with van der Waals surface area (Å²) in [4.78, 5) is 10.7. The number of hydroxylamine groups is 2. The van der Waals surface area contributed by atoms with E-state index in [9.17, 15) is 10.0 Å². The van der Waals surface area contributed by atoms with Gasteiger partial charge in [0.25, 0.3) is 0 Å². The molecule has 1 aromatic heterocycles. The summed E-state index contributed by atoms with van der Waals surface area (Å²) in [6.45, 7) is 0.250. The van der Waals surface area contributed by atoms with Gasteiger partial charge in [0.2, 0.25) is 0 Å². The van der Waals surface area contributed by atoms with Crippen molar-refractivity contribution in [3.8, 4) is 0 Å². The third-order valence-corrected chi connectivity index (χ3v) is 4.67. The number of benzene rings is 2. The van der Waals surface area contributed by atoms with Crippen LogP contribution in [0.5, 0.6) is 0 Å². The summed E-state index contributed by atoms with van der Waals surface area (Å²) in [7, 11) is 0. The molecule has 0 spiro atoms. The molecule has 3 rings (SSSR count). The number of hydrogen-bond acceptors (Lipinski definition) is 3. The number of urea groups is 1. The number of nitrogens with zero attached hydrogens (tertiary/aromatic N) is 1. The highest BCUT2D eigenvalue weighted by Gasteiger charge is 2.07. The quantitative estimate of drug-likeness (QED) is 0.569. The Bertz CT molecular complexity index is 797. The van der Waals surface area contributed by atoms with E-state index in [4.69, 9.17) is 5.73 Å². The minimum atomic E-state index is -0.810. The van der Waals surface area contributed by atoms with Gasteiger partial charge in [-0.15, -0.1) is 11.3 Å². The minimum Gasteiger partial charge on any atom is -0.350 e. The number of thiophene rings is 1. The molecule has 0 saturated heterocycles. The summed E-state index contributed by atoms with van der Waals surface area (Å²) < 4.78 is 2.56. The molecule has 3 aromatic rings. The van der Waals surface area contributed by atoms with Crippen molar-refractivity contribution in [2.45, 2.75) is 12.8 Å². The lowest BCUT2D eigenvalue weighted by molar-refractivity contribution is -0.0398. The minimum absolute atomic E-state index is 0.250. The Morgan fingerprint density at radius 3 is 2.71 bits per heavy atom. The van der Waals surface area contributed by atoms with Crippen LogP contribution in [0.25, 0.3) is 20.2 Å². The van der Waals surface area contributed by atoms with E-state index in [1.165, 1.54) is 25.7 Å². The number of fused-ring (bicyclic) bond motifs is 3. The van der Waals surface area contributed by atoms with Crippen molar-refractivity contribution in [3.63, 3.8) is 0 Å². The molecule has 0 atom stereocenters. The first kappa shape index (κ1) is 13.9. The van der Waals surface area contributed by atoms with Crippen LogP contribution in [-0.2, 0) is 6.42 Å². The van der Waals surface area contributed by atoms with Crippen molar-refractivity contribution in [2.75, 3.05) is 6.54 Å². The van der Waals surface area contributed by atoms with E-state index in [2.05, 4.69) is 42.5 Å². The second kappa shape index (κ2) is 5.71. The molecule has 21 heavy (non-hydrogen) atoms. The summed E-state index contributed by atoms with van der Waals surface area (Å²) in [5.41, 5.74) is 6.17. The Morgan fingerprint density at radius 1 is 1.14 bits per heavy atom. The standard InChI is InChI=1S/C16H16N2O2S/c17-16(19)18(20)9-3-4-11-7-8-13-12-5-1-2-6-14(12)21-15(13)10-11/h1-2,5-8,10,20H,3-4,9H2,(H2,17,19). The van der Waals surface area contributed by atoms with Crippen molar-refractivity contribution in [3.05, 3.63) is 48.0 Å². The summed E-state index contributed by atoms with van der Waals surface area (Å²) in [5.74, 6) is 0. The van der Waals surface area contributed by atoms with Gasteiger partial charge in [0.15, 0.2) is 0 Å². The van der Waals surface area contributed by atoms with Crippen molar-refractivity contribution >= 4 is 37.5 Å². The maximum absolute atomic E-state index is 10.7. The van der Waals surface area contributed by atoms with Crippen LogP contribution in [0.4, 0.5) is 4.79 Å². The maximum atomic E-state index is 10.7. The fourth-order valence-corrected chi connectivity index (χ4v) is 3.64. The molecule has 0 saturated carbocycles. The van der Waals surface area contributed by atoms with Crippen LogP contribution in [0.15, 0.2) is 42.5 Å². The molecule has 0 aliphatic rings. The zero-order valence-electron chi connectivity index (χ0n) is 11.5. The zero-order valence-corrected chi connectivity index (χ0v) is 12.3. The van der Waals surface area contributed by atoms with Gasteiger partial charge < -0.3 is 5.73 Å². The summed E-state index contributed by atoms with van der Waals surface area (Å²) >= 11 is 1.79. The largest absolute Gasteiger partial charge is 0.350 e. The van der Waals surface area contributed by atoms with Crippen LogP contribution < -0.4 is 5.73 Å². The monoisotopic (exact) mass is 300 g/mol. The molecule has 0 fully saturated rings. The Hall–Kier alpha value is -2.11. The summed E-state index contributed by atoms with van der Waals surface area (Å²) in [6, 6.07) is 14.0. The predicted molar refractivity (Wildman–Crippen MR) is 85.7 cm³/mol. The maximum Gasteiger partial charge on any atom is 0.338 e. The third kappa shape index (κ3) is 2.84. The molecule has 1 heterocycles. The molecular weight excluding hydrogens is 284 g/mol. The van der Waals surface area contributed by atoms with Crippen LogP contribution in [0.2, 0.25) is 0 Å². The van der Waals surface area contributed by atoms with Crippen LogP contribution in [-0.4, -0.2) is 22.8 Å². The molecule has 0 aliphatic carbocycles. The number of nitrogens with two attached hydrogens (primary N) is 1. The molecular formula is C16H16N2O2S. The summed E-state index contributed by atoms with van der Waals surface area (Å²) in [5, 5.41) is 12.4. The van der Waals surface area contributed by atoms with Gasteiger partial charge in [-0.3, -0.25) is 5.21 Å². The number of hydrogen-bond donors (Lipinski definition) is 2. The second-order valence-corrected chi connectivity index (χ2v) is 6.08. The SMILES string of the molecule is NC(=O)N(O)CCCc1ccc2c(c1)sc1ccccc12. The fourth-order valence-electron chi connectivity index (χ4n) is 2.47. The molecule has 108 valence electrons. The lowest BCUT2D eigenvalue weighted by Crippen LogP contribution is -2.33.